The molecule has 0 N–H and O–H groups in total. The highest BCUT2D eigenvalue weighted by Gasteiger charge is 2.10. The molecule has 2 rings (SSSR count). The maximum absolute atomic E-state index is 11.9. The number of rotatable bonds is 4. The molecule has 0 aliphatic rings. The van der Waals surface area contributed by atoms with Gasteiger partial charge in [0.05, 0.1) is 11.1 Å². The Bertz CT molecular complexity index is 499. The van der Waals surface area contributed by atoms with Gasteiger partial charge in [-0.15, -0.1) is 11.3 Å². The lowest BCUT2D eigenvalue weighted by Gasteiger charge is -1.94. The molecule has 0 amide bonds. The van der Waals surface area contributed by atoms with E-state index in [2.05, 4.69) is 5.10 Å². The van der Waals surface area contributed by atoms with Gasteiger partial charge in [-0.05, 0) is 31.5 Å². The summed E-state index contributed by atoms with van der Waals surface area (Å²) < 4.78 is 1.84. The summed E-state index contributed by atoms with van der Waals surface area (Å²) >= 11 is 1.55. The van der Waals surface area contributed by atoms with Crippen LogP contribution in [0.4, 0.5) is 0 Å². The molecule has 2 aromatic heterocycles. The van der Waals surface area contributed by atoms with Crippen molar-refractivity contribution in [3.8, 4) is 0 Å². The fourth-order valence-corrected chi connectivity index (χ4v) is 2.33. The average molecular weight is 234 g/mol. The highest BCUT2D eigenvalue weighted by Crippen LogP contribution is 2.17. The monoisotopic (exact) mass is 234 g/mol. The molecule has 84 valence electrons. The summed E-state index contributed by atoms with van der Waals surface area (Å²) in [4.78, 5) is 13.9. The minimum Gasteiger partial charge on any atom is -0.293 e. The second kappa shape index (κ2) is 4.61. The van der Waals surface area contributed by atoms with Gasteiger partial charge in [0.15, 0.2) is 5.78 Å². The van der Waals surface area contributed by atoms with E-state index >= 15 is 0 Å². The summed E-state index contributed by atoms with van der Waals surface area (Å²) in [7, 11) is 0. The van der Waals surface area contributed by atoms with Gasteiger partial charge in [-0.25, -0.2) is 0 Å². The van der Waals surface area contributed by atoms with Crippen molar-refractivity contribution >= 4 is 17.1 Å². The number of hydrogen-bond acceptors (Lipinski definition) is 3. The van der Waals surface area contributed by atoms with Crippen LogP contribution in [0.5, 0.6) is 0 Å². The summed E-state index contributed by atoms with van der Waals surface area (Å²) in [5.74, 6) is 0.175. The molecule has 2 heterocycles. The highest BCUT2D eigenvalue weighted by molar-refractivity contribution is 7.14. The maximum Gasteiger partial charge on any atom is 0.177 e. The van der Waals surface area contributed by atoms with Crippen LogP contribution in [-0.4, -0.2) is 15.6 Å². The van der Waals surface area contributed by atoms with Crippen LogP contribution in [0.3, 0.4) is 0 Å². The standard InChI is InChI=1S/C12H14N2OS/c1-3-14-8-10(7-13-14)6-11(15)12-5-4-9(2)16-12/h4-5,7-8H,3,6H2,1-2H3. The average Bonchev–Trinajstić information content (AvgIpc) is 2.87. The van der Waals surface area contributed by atoms with Crippen LogP contribution in [0.15, 0.2) is 24.5 Å². The van der Waals surface area contributed by atoms with Gasteiger partial charge in [0.25, 0.3) is 0 Å². The summed E-state index contributed by atoms with van der Waals surface area (Å²) in [5, 5.41) is 4.15. The third-order valence-electron chi connectivity index (χ3n) is 2.39. The molecule has 0 fully saturated rings. The lowest BCUT2D eigenvalue weighted by atomic mass is 10.1. The molecule has 0 bridgehead atoms. The lowest BCUT2D eigenvalue weighted by Crippen LogP contribution is -2.00. The number of carbonyl (C=O) groups excluding carboxylic acids is 1. The van der Waals surface area contributed by atoms with E-state index in [1.165, 1.54) is 4.88 Å². The third kappa shape index (κ3) is 2.39. The number of nitrogens with zero attached hydrogens (tertiary/aromatic N) is 2. The Morgan fingerprint density at radius 3 is 2.88 bits per heavy atom. The molecule has 0 saturated heterocycles. The van der Waals surface area contributed by atoms with Crippen molar-refractivity contribution < 1.29 is 4.79 Å². The molecule has 4 heteroatoms. The van der Waals surface area contributed by atoms with Gasteiger partial charge in [-0.3, -0.25) is 9.48 Å². The summed E-state index contributed by atoms with van der Waals surface area (Å²) in [6, 6.07) is 3.87. The van der Waals surface area contributed by atoms with Gasteiger partial charge in [0.1, 0.15) is 0 Å². The molecule has 0 aromatic carbocycles. The Balaban J connectivity index is 2.07. The maximum atomic E-state index is 11.9. The molecular formula is C12H14N2OS. The molecule has 3 nitrogen and oxygen atoms in total. The van der Waals surface area contributed by atoms with Crippen LogP contribution in [0.1, 0.15) is 27.0 Å². The molecular weight excluding hydrogens is 220 g/mol. The Morgan fingerprint density at radius 1 is 1.50 bits per heavy atom. The van der Waals surface area contributed by atoms with E-state index in [1.807, 2.05) is 36.9 Å². The summed E-state index contributed by atoms with van der Waals surface area (Å²) in [6.07, 6.45) is 4.14. The van der Waals surface area contributed by atoms with Crippen LogP contribution >= 0.6 is 11.3 Å². The molecule has 16 heavy (non-hydrogen) atoms. The number of aromatic nitrogens is 2. The largest absolute Gasteiger partial charge is 0.293 e. The van der Waals surface area contributed by atoms with E-state index in [0.717, 1.165) is 17.0 Å². The van der Waals surface area contributed by atoms with E-state index < -0.39 is 0 Å². The van der Waals surface area contributed by atoms with Crippen molar-refractivity contribution in [3.05, 3.63) is 39.8 Å². The van der Waals surface area contributed by atoms with Crippen molar-refractivity contribution in [2.75, 3.05) is 0 Å². The van der Waals surface area contributed by atoms with Gasteiger partial charge >= 0.3 is 0 Å². The molecule has 0 spiro atoms. The zero-order valence-corrected chi connectivity index (χ0v) is 10.3. The number of carbonyl (C=O) groups is 1. The summed E-state index contributed by atoms with van der Waals surface area (Å²) in [5.41, 5.74) is 0.984. The number of ketones is 1. The highest BCUT2D eigenvalue weighted by atomic mass is 32.1. The zero-order valence-electron chi connectivity index (χ0n) is 9.43. The van der Waals surface area contributed by atoms with Crippen LogP contribution in [-0.2, 0) is 13.0 Å². The van der Waals surface area contributed by atoms with Crippen molar-refractivity contribution in [1.29, 1.82) is 0 Å². The number of hydrogen-bond donors (Lipinski definition) is 0. The Labute approximate surface area is 98.7 Å². The number of Topliss-reactive ketones (excluding diaryl/α,β-unsaturated/α-hetero) is 1. The van der Waals surface area contributed by atoms with E-state index in [-0.39, 0.29) is 5.78 Å². The first kappa shape index (κ1) is 11.1. The normalized spacial score (nSPS) is 10.6. The van der Waals surface area contributed by atoms with Crippen molar-refractivity contribution in [2.45, 2.75) is 26.8 Å². The van der Waals surface area contributed by atoms with Gasteiger partial charge in [-0.2, -0.15) is 5.10 Å². The van der Waals surface area contributed by atoms with Gasteiger partial charge in [0, 0.05) is 24.0 Å². The predicted octanol–water partition coefficient (Wildman–Crippen LogP) is 2.70. The van der Waals surface area contributed by atoms with E-state index in [4.69, 9.17) is 0 Å². The number of aryl methyl sites for hydroxylation is 2. The fourth-order valence-electron chi connectivity index (χ4n) is 1.53. The van der Waals surface area contributed by atoms with Gasteiger partial charge < -0.3 is 0 Å². The molecule has 0 atom stereocenters. The van der Waals surface area contributed by atoms with Crippen LogP contribution < -0.4 is 0 Å². The summed E-state index contributed by atoms with van der Waals surface area (Å²) in [6.45, 7) is 4.88. The quantitative estimate of drug-likeness (QED) is 0.762. The minimum absolute atomic E-state index is 0.175. The van der Waals surface area contributed by atoms with E-state index in [0.29, 0.717) is 6.42 Å². The van der Waals surface area contributed by atoms with Crippen molar-refractivity contribution in [2.24, 2.45) is 0 Å². The van der Waals surface area contributed by atoms with Crippen molar-refractivity contribution in [3.63, 3.8) is 0 Å². The molecule has 0 aliphatic heterocycles. The second-order valence-corrected chi connectivity index (χ2v) is 5.00. The third-order valence-corrected chi connectivity index (χ3v) is 3.43. The zero-order chi connectivity index (χ0) is 11.5. The van der Waals surface area contributed by atoms with E-state index in [9.17, 15) is 4.79 Å². The minimum atomic E-state index is 0.175. The first-order valence-corrected chi connectivity index (χ1v) is 6.11. The Hall–Kier alpha value is -1.42. The van der Waals surface area contributed by atoms with Gasteiger partial charge in [0.2, 0.25) is 0 Å². The van der Waals surface area contributed by atoms with Gasteiger partial charge in [-0.1, -0.05) is 0 Å². The van der Waals surface area contributed by atoms with Crippen LogP contribution in [0.25, 0.3) is 0 Å². The Morgan fingerprint density at radius 2 is 2.31 bits per heavy atom. The molecule has 0 unspecified atom stereocenters. The second-order valence-electron chi connectivity index (χ2n) is 3.71. The van der Waals surface area contributed by atoms with Crippen molar-refractivity contribution in [1.82, 2.24) is 9.78 Å². The first-order chi connectivity index (χ1) is 7.69. The fraction of sp³-hybridized carbons (Fsp3) is 0.333. The smallest absolute Gasteiger partial charge is 0.177 e. The first-order valence-electron chi connectivity index (χ1n) is 5.30. The molecule has 0 aliphatic carbocycles. The topological polar surface area (TPSA) is 34.9 Å². The van der Waals surface area contributed by atoms with Crippen LogP contribution in [0, 0.1) is 6.92 Å². The molecule has 2 aromatic rings. The van der Waals surface area contributed by atoms with Crippen LogP contribution in [0.2, 0.25) is 0 Å². The lowest BCUT2D eigenvalue weighted by molar-refractivity contribution is 0.0997. The number of thiophene rings is 1. The SMILES string of the molecule is CCn1cc(CC(=O)c2ccc(C)s2)cn1. The van der Waals surface area contributed by atoms with E-state index in [1.54, 1.807) is 17.5 Å². The predicted molar refractivity (Wildman–Crippen MR) is 65.0 cm³/mol. The molecule has 0 saturated carbocycles. The Kier molecular flexibility index (Phi) is 3.19. The molecule has 0 radical (unpaired) electrons.